The molecule has 0 bridgehead atoms. The third-order valence-corrected chi connectivity index (χ3v) is 13.8. The molecule has 7 aromatic heterocycles. The van der Waals surface area contributed by atoms with Crippen molar-refractivity contribution in [3.63, 3.8) is 0 Å². The maximum atomic E-state index is 5.10. The normalized spacial score (nSPS) is 11.5. The third-order valence-electron chi connectivity index (χ3n) is 13.8. The van der Waals surface area contributed by atoms with Gasteiger partial charge in [-0.3, -0.25) is 15.0 Å². The first kappa shape index (κ1) is 42.6. The minimum absolute atomic E-state index is 0.504. The summed E-state index contributed by atoms with van der Waals surface area (Å²) in [6.07, 6.45) is 5.50. The molecule has 14 aromatic rings. The lowest BCUT2D eigenvalue weighted by molar-refractivity contribution is 1.13. The van der Waals surface area contributed by atoms with Crippen LogP contribution < -0.4 is 0 Å². The van der Waals surface area contributed by atoms with Crippen molar-refractivity contribution in [2.45, 2.75) is 0 Å². The number of para-hydroxylation sites is 4. The number of nitrogens with zero attached hydrogens (tertiary/aromatic N) is 9. The molecular formula is C65H41N9. The zero-order valence-corrected chi connectivity index (χ0v) is 39.7. The second-order valence-corrected chi connectivity index (χ2v) is 18.2. The molecule has 14 rings (SSSR count). The lowest BCUT2D eigenvalue weighted by Crippen LogP contribution is -1.99. The van der Waals surface area contributed by atoms with Crippen LogP contribution in [0.5, 0.6) is 0 Å². The van der Waals surface area contributed by atoms with Gasteiger partial charge in [-0.15, -0.1) is 0 Å². The van der Waals surface area contributed by atoms with Gasteiger partial charge in [0.2, 0.25) is 0 Å². The minimum atomic E-state index is 0.504. The van der Waals surface area contributed by atoms with E-state index in [1.165, 1.54) is 32.6 Å². The van der Waals surface area contributed by atoms with Crippen LogP contribution in [0.1, 0.15) is 0 Å². The quantitative estimate of drug-likeness (QED) is 0.142. The summed E-state index contributed by atoms with van der Waals surface area (Å²) in [5.74, 6) is 1.13. The van der Waals surface area contributed by atoms with E-state index < -0.39 is 0 Å². The van der Waals surface area contributed by atoms with Crippen molar-refractivity contribution >= 4 is 43.6 Å². The molecule has 9 heteroatoms. The molecule has 0 fully saturated rings. The van der Waals surface area contributed by atoms with Crippen LogP contribution in [0, 0.1) is 0 Å². The van der Waals surface area contributed by atoms with Crippen molar-refractivity contribution in [1.29, 1.82) is 0 Å². The first-order valence-electron chi connectivity index (χ1n) is 24.5. The topological polar surface area (TPSA) is 100 Å². The average molecular weight is 948 g/mol. The largest absolute Gasteiger partial charge is 0.309 e. The molecule has 0 aliphatic heterocycles. The van der Waals surface area contributed by atoms with Gasteiger partial charge in [-0.2, -0.15) is 0 Å². The molecule has 0 saturated carbocycles. The standard InChI is InChI=1S/C65H41N9/c1-2-14-44(15-3-1)64-69-56(42-25-31-47(32-26-42)73-60-21-8-4-16-49(60)50-17-5-9-22-61(50)73)38-59(71-64)54-35-29-45(40-67-54)46-30-36-55(68-41-46)65-70-57(39-58(72-65)53-20-12-13-37-66-53)43-27-33-48(34-28-43)74-62-23-10-6-18-51(62)52-19-7-11-24-63(52)74/h1-41H. The molecule has 0 N–H and O–H groups in total. The van der Waals surface area contributed by atoms with E-state index in [2.05, 4.69) is 166 Å². The fourth-order valence-corrected chi connectivity index (χ4v) is 10.2. The summed E-state index contributed by atoms with van der Waals surface area (Å²) in [5.41, 5.74) is 16.6. The summed E-state index contributed by atoms with van der Waals surface area (Å²) >= 11 is 0. The summed E-state index contributed by atoms with van der Waals surface area (Å²) in [6.45, 7) is 0. The van der Waals surface area contributed by atoms with Crippen molar-refractivity contribution in [2.75, 3.05) is 0 Å². The Morgan fingerprint density at radius 2 is 0.635 bits per heavy atom. The van der Waals surface area contributed by atoms with Crippen molar-refractivity contribution in [1.82, 2.24) is 44.0 Å². The van der Waals surface area contributed by atoms with Crippen LogP contribution in [0.4, 0.5) is 0 Å². The smallest absolute Gasteiger partial charge is 0.179 e. The van der Waals surface area contributed by atoms with Crippen LogP contribution in [0.15, 0.2) is 249 Å². The Balaban J connectivity index is 0.769. The van der Waals surface area contributed by atoms with E-state index in [4.69, 9.17) is 29.9 Å². The number of fused-ring (bicyclic) bond motifs is 6. The van der Waals surface area contributed by atoms with Gasteiger partial charge < -0.3 is 9.13 Å². The lowest BCUT2D eigenvalue weighted by atomic mass is 10.1. The predicted octanol–water partition coefficient (Wildman–Crippen LogP) is 15.3. The Bertz CT molecular complexity index is 3990. The van der Waals surface area contributed by atoms with Gasteiger partial charge in [0.25, 0.3) is 0 Å². The van der Waals surface area contributed by atoms with Gasteiger partial charge in [0.15, 0.2) is 11.6 Å². The lowest BCUT2D eigenvalue weighted by Gasteiger charge is -2.12. The van der Waals surface area contributed by atoms with Gasteiger partial charge in [-0.05, 0) is 84.9 Å². The zero-order chi connectivity index (χ0) is 49.0. The molecule has 0 spiro atoms. The summed E-state index contributed by atoms with van der Waals surface area (Å²) in [6, 6.07) is 79.4. The van der Waals surface area contributed by atoms with E-state index >= 15 is 0 Å². The molecule has 7 heterocycles. The Morgan fingerprint density at radius 1 is 0.243 bits per heavy atom. The maximum Gasteiger partial charge on any atom is 0.179 e. The summed E-state index contributed by atoms with van der Waals surface area (Å²) < 4.78 is 4.64. The second-order valence-electron chi connectivity index (χ2n) is 18.2. The zero-order valence-electron chi connectivity index (χ0n) is 39.7. The van der Waals surface area contributed by atoms with Crippen LogP contribution >= 0.6 is 0 Å². The molecule has 74 heavy (non-hydrogen) atoms. The third kappa shape index (κ3) is 7.55. The Hall–Kier alpha value is -10.2. The Kier molecular flexibility index (Phi) is 10.3. The van der Waals surface area contributed by atoms with Gasteiger partial charge in [0, 0.05) is 79.3 Å². The highest BCUT2D eigenvalue weighted by Gasteiger charge is 2.18. The second kappa shape index (κ2) is 17.9. The highest BCUT2D eigenvalue weighted by atomic mass is 15.0. The number of pyridine rings is 3. The molecule has 0 saturated heterocycles. The maximum absolute atomic E-state index is 5.10. The molecule has 9 nitrogen and oxygen atoms in total. The number of hydrogen-bond acceptors (Lipinski definition) is 7. The van der Waals surface area contributed by atoms with E-state index in [0.29, 0.717) is 23.0 Å². The van der Waals surface area contributed by atoms with Crippen molar-refractivity contribution < 1.29 is 0 Å². The first-order valence-corrected chi connectivity index (χ1v) is 24.5. The van der Waals surface area contributed by atoms with Gasteiger partial charge in [-0.25, -0.2) is 19.9 Å². The number of rotatable bonds is 9. The molecular weight excluding hydrogens is 907 g/mol. The van der Waals surface area contributed by atoms with Crippen LogP contribution in [0.25, 0.3) is 134 Å². The monoisotopic (exact) mass is 947 g/mol. The predicted molar refractivity (Wildman–Crippen MR) is 298 cm³/mol. The fourth-order valence-electron chi connectivity index (χ4n) is 10.2. The summed E-state index contributed by atoms with van der Waals surface area (Å²) in [7, 11) is 0. The molecule has 0 atom stereocenters. The first-order chi connectivity index (χ1) is 36.7. The van der Waals surface area contributed by atoms with Gasteiger partial charge in [0.1, 0.15) is 5.69 Å². The molecule has 0 aliphatic rings. The summed E-state index contributed by atoms with van der Waals surface area (Å²) in [4.78, 5) is 34.8. The highest BCUT2D eigenvalue weighted by Crippen LogP contribution is 2.36. The molecule has 346 valence electrons. The van der Waals surface area contributed by atoms with E-state index in [-0.39, 0.29) is 0 Å². The van der Waals surface area contributed by atoms with Gasteiger partial charge in [-0.1, -0.05) is 146 Å². The number of aromatic nitrogens is 9. The van der Waals surface area contributed by atoms with E-state index in [1.54, 1.807) is 6.20 Å². The van der Waals surface area contributed by atoms with Crippen molar-refractivity contribution in [3.05, 3.63) is 249 Å². The van der Waals surface area contributed by atoms with E-state index in [9.17, 15) is 0 Å². The van der Waals surface area contributed by atoms with E-state index in [1.807, 2.05) is 91.3 Å². The van der Waals surface area contributed by atoms with Crippen LogP contribution in [-0.2, 0) is 0 Å². The average Bonchev–Trinajstić information content (AvgIpc) is 4.01. The molecule has 0 amide bonds. The SMILES string of the molecule is c1ccc(-c2nc(-c3ccc(-n4c5ccccc5c5ccccc54)cc3)cc(-c3ccc(-c4ccc(-c5nc(-c6ccc(-n7c8ccccc8c8ccccc87)cc6)cc(-c6ccccn6)n5)nc4)cn3)n2)cc1. The minimum Gasteiger partial charge on any atom is -0.309 e. The van der Waals surface area contributed by atoms with Crippen LogP contribution in [0.3, 0.4) is 0 Å². The number of hydrogen-bond donors (Lipinski definition) is 0. The molecule has 0 unspecified atom stereocenters. The van der Waals surface area contributed by atoms with Gasteiger partial charge >= 0.3 is 0 Å². The van der Waals surface area contributed by atoms with Crippen LogP contribution in [0.2, 0.25) is 0 Å². The van der Waals surface area contributed by atoms with Gasteiger partial charge in [0.05, 0.1) is 56.2 Å². The Morgan fingerprint density at radius 3 is 1.09 bits per heavy atom. The molecule has 0 aliphatic carbocycles. The van der Waals surface area contributed by atoms with Crippen molar-refractivity contribution in [3.8, 4) is 90.7 Å². The Labute approximate surface area is 425 Å². The highest BCUT2D eigenvalue weighted by molar-refractivity contribution is 6.10. The summed E-state index contributed by atoms with van der Waals surface area (Å²) in [5, 5.41) is 4.91. The van der Waals surface area contributed by atoms with Crippen LogP contribution in [-0.4, -0.2) is 44.0 Å². The van der Waals surface area contributed by atoms with Crippen molar-refractivity contribution in [2.24, 2.45) is 0 Å². The number of benzene rings is 7. The molecule has 0 radical (unpaired) electrons. The van der Waals surface area contributed by atoms with E-state index in [0.717, 1.165) is 78.7 Å². The molecule has 7 aromatic carbocycles. The fraction of sp³-hybridized carbons (Fsp3) is 0.